The van der Waals surface area contributed by atoms with Crippen molar-refractivity contribution in [3.63, 3.8) is 0 Å². The highest BCUT2D eigenvalue weighted by Gasteiger charge is 2.30. The summed E-state index contributed by atoms with van der Waals surface area (Å²) in [6, 6.07) is 9.12. The normalized spacial score (nSPS) is 12.7. The van der Waals surface area contributed by atoms with E-state index in [0.29, 0.717) is 43.1 Å². The summed E-state index contributed by atoms with van der Waals surface area (Å²) in [4.78, 5) is 26.5. The van der Waals surface area contributed by atoms with Crippen LogP contribution in [0, 0.1) is 11.5 Å². The minimum atomic E-state index is -0.128. The molecule has 1 aromatic heterocycles. The summed E-state index contributed by atoms with van der Waals surface area (Å²) in [6.45, 7) is 0. The summed E-state index contributed by atoms with van der Waals surface area (Å²) >= 11 is 4.80. The number of halogens is 1. The minimum Gasteiger partial charge on any atom is -0.288 e. The van der Waals surface area contributed by atoms with Crippen molar-refractivity contribution in [2.75, 3.05) is 6.26 Å². The third-order valence-electron chi connectivity index (χ3n) is 4.08. The molecule has 0 amide bonds. The largest absolute Gasteiger partial charge is 0.288 e. The molecular weight excluding hydrogens is 414 g/mol. The summed E-state index contributed by atoms with van der Waals surface area (Å²) in [5.74, 6) is -0.128. The molecule has 1 aliphatic carbocycles. The smallest absolute Gasteiger partial charge is 0.196 e. The van der Waals surface area contributed by atoms with Crippen molar-refractivity contribution < 1.29 is 4.79 Å². The molecule has 8 heteroatoms. The van der Waals surface area contributed by atoms with E-state index < -0.39 is 0 Å². The average Bonchev–Trinajstić information content (AvgIpc) is 2.66. The zero-order valence-electron chi connectivity index (χ0n) is 13.4. The van der Waals surface area contributed by atoms with Gasteiger partial charge in [0.25, 0.3) is 0 Å². The number of rotatable bonds is 1. The number of fused-ring (bicyclic) bond motifs is 2. The molecule has 2 aromatic carbocycles. The Kier molecular flexibility index (Phi) is 4.18. The van der Waals surface area contributed by atoms with Crippen molar-refractivity contribution in [1.29, 1.82) is 5.26 Å². The molecule has 4 rings (SSSR count). The van der Waals surface area contributed by atoms with Crippen LogP contribution in [0.1, 0.15) is 15.9 Å². The van der Waals surface area contributed by atoms with Gasteiger partial charge in [-0.1, -0.05) is 36.0 Å². The molecular formula is C18H10BrN5OS. The molecule has 3 aromatic rings. The van der Waals surface area contributed by atoms with E-state index in [1.165, 1.54) is 18.1 Å². The topological polar surface area (TPSA) is 91.0 Å². The van der Waals surface area contributed by atoms with Gasteiger partial charge in [0.05, 0.1) is 22.5 Å². The monoisotopic (exact) mass is 423 g/mol. The van der Waals surface area contributed by atoms with Crippen molar-refractivity contribution >= 4 is 55.2 Å². The molecule has 26 heavy (non-hydrogen) atoms. The third-order valence-corrected chi connectivity index (χ3v) is 5.26. The predicted molar refractivity (Wildman–Crippen MR) is 105 cm³/mol. The van der Waals surface area contributed by atoms with Crippen LogP contribution < -0.4 is 5.32 Å². The number of aliphatic imine (C=N–C) groups is 1. The lowest BCUT2D eigenvalue weighted by Gasteiger charge is -2.20. The van der Waals surface area contributed by atoms with Crippen LogP contribution >= 0.6 is 27.7 Å². The van der Waals surface area contributed by atoms with E-state index in [2.05, 4.69) is 36.2 Å². The van der Waals surface area contributed by atoms with Gasteiger partial charge in [-0.15, -0.1) is 0 Å². The second-order valence-corrected chi connectivity index (χ2v) is 7.08. The number of ketones is 1. The Morgan fingerprint density at radius 1 is 1.31 bits per heavy atom. The number of carbonyl (C=O) groups excluding carboxylic acids is 1. The van der Waals surface area contributed by atoms with E-state index in [4.69, 9.17) is 5.26 Å². The van der Waals surface area contributed by atoms with E-state index in [9.17, 15) is 4.79 Å². The van der Waals surface area contributed by atoms with Gasteiger partial charge >= 0.3 is 0 Å². The van der Waals surface area contributed by atoms with Crippen molar-refractivity contribution in [2.24, 2.45) is 4.99 Å². The number of nitrogens with one attached hydrogen (secondary N) is 1. The second-order valence-electron chi connectivity index (χ2n) is 5.43. The second kappa shape index (κ2) is 6.52. The molecule has 0 unspecified atom stereocenters. The van der Waals surface area contributed by atoms with Crippen molar-refractivity contribution in [1.82, 2.24) is 15.3 Å². The predicted octanol–water partition coefficient (Wildman–Crippen LogP) is 4.02. The molecule has 1 N–H and O–H groups in total. The number of benzene rings is 2. The fourth-order valence-corrected chi connectivity index (χ4v) is 3.87. The summed E-state index contributed by atoms with van der Waals surface area (Å²) in [5, 5.41) is 12.5. The van der Waals surface area contributed by atoms with Crippen LogP contribution in [0.2, 0.25) is 0 Å². The Labute approximate surface area is 161 Å². The molecule has 0 aliphatic heterocycles. The number of carbonyl (C=O) groups is 1. The summed E-state index contributed by atoms with van der Waals surface area (Å²) in [7, 11) is 0. The van der Waals surface area contributed by atoms with E-state index in [1.54, 1.807) is 18.4 Å². The molecule has 0 saturated carbocycles. The van der Waals surface area contributed by atoms with Gasteiger partial charge in [-0.05, 0) is 28.3 Å². The van der Waals surface area contributed by atoms with Crippen molar-refractivity contribution in [3.05, 3.63) is 52.3 Å². The van der Waals surface area contributed by atoms with E-state index in [-0.39, 0.29) is 5.78 Å². The molecule has 6 nitrogen and oxygen atoms in total. The molecule has 0 atom stereocenters. The molecule has 0 bridgehead atoms. The van der Waals surface area contributed by atoms with Crippen LogP contribution in [-0.2, 0) is 0 Å². The van der Waals surface area contributed by atoms with Crippen LogP contribution in [0.5, 0.6) is 0 Å². The molecule has 0 fully saturated rings. The maximum Gasteiger partial charge on any atom is 0.196 e. The first-order valence-corrected chi connectivity index (χ1v) is 9.56. The molecule has 0 saturated heterocycles. The van der Waals surface area contributed by atoms with Crippen LogP contribution in [0.3, 0.4) is 0 Å². The highest BCUT2D eigenvalue weighted by molar-refractivity contribution is 9.10. The van der Waals surface area contributed by atoms with Crippen molar-refractivity contribution in [2.45, 2.75) is 0 Å². The van der Waals surface area contributed by atoms with Crippen LogP contribution in [0.25, 0.3) is 22.2 Å². The van der Waals surface area contributed by atoms with Gasteiger partial charge in [0.1, 0.15) is 6.33 Å². The van der Waals surface area contributed by atoms with Gasteiger partial charge in [-0.2, -0.15) is 5.26 Å². The number of hydrogen-bond acceptors (Lipinski definition) is 6. The Morgan fingerprint density at radius 2 is 2.08 bits per heavy atom. The number of aromatic nitrogens is 2. The first-order chi connectivity index (χ1) is 12.7. The molecule has 0 radical (unpaired) electrons. The van der Waals surface area contributed by atoms with Crippen LogP contribution in [0.15, 0.2) is 46.1 Å². The lowest BCUT2D eigenvalue weighted by molar-refractivity contribution is 0.104. The van der Waals surface area contributed by atoms with Crippen molar-refractivity contribution in [3.8, 4) is 17.5 Å². The lowest BCUT2D eigenvalue weighted by atomic mass is 9.86. The molecule has 126 valence electrons. The number of thioether (sulfide) groups is 1. The Balaban J connectivity index is 2.13. The van der Waals surface area contributed by atoms with Crippen LogP contribution in [-0.4, -0.2) is 27.2 Å². The number of nitrogens with zero attached hydrogens (tertiary/aromatic N) is 4. The van der Waals surface area contributed by atoms with Gasteiger partial charge in [0, 0.05) is 21.0 Å². The standard InChI is InChI=1S/C18H10BrN5OS/c1-26-18(21-7-20)24-12-6-11(19)16-14-13(12)17(25)10-5-3-2-4-9(10)15(14)22-8-23-16/h2-6,8H,1H3,(H,21,24). The molecule has 1 aliphatic rings. The maximum atomic E-state index is 13.2. The third kappa shape index (κ3) is 2.48. The Bertz CT molecular complexity index is 1150. The first-order valence-electron chi connectivity index (χ1n) is 7.54. The summed E-state index contributed by atoms with van der Waals surface area (Å²) < 4.78 is 0.711. The SMILES string of the molecule is CSC(=Nc1cc(Br)c2ncnc3c2c1C(=O)c1ccccc1-3)NC#N. The highest BCUT2D eigenvalue weighted by atomic mass is 79.9. The lowest BCUT2D eigenvalue weighted by Crippen LogP contribution is -2.15. The number of nitriles is 1. The zero-order chi connectivity index (χ0) is 18.3. The zero-order valence-corrected chi connectivity index (χ0v) is 15.8. The Morgan fingerprint density at radius 3 is 2.81 bits per heavy atom. The van der Waals surface area contributed by atoms with Gasteiger partial charge in [-0.25, -0.2) is 15.0 Å². The van der Waals surface area contributed by atoms with Gasteiger partial charge in [0.15, 0.2) is 17.1 Å². The minimum absolute atomic E-state index is 0.128. The fourth-order valence-electron chi connectivity index (χ4n) is 3.02. The first kappa shape index (κ1) is 16.7. The van der Waals surface area contributed by atoms with E-state index in [1.807, 2.05) is 24.4 Å². The number of hydrogen-bond donors (Lipinski definition) is 1. The fraction of sp³-hybridized carbons (Fsp3) is 0.0556. The van der Waals surface area contributed by atoms with E-state index >= 15 is 0 Å². The molecule has 0 spiro atoms. The average molecular weight is 424 g/mol. The van der Waals surface area contributed by atoms with E-state index in [0.717, 1.165) is 5.56 Å². The summed E-state index contributed by atoms with van der Waals surface area (Å²) in [6.07, 6.45) is 5.15. The highest BCUT2D eigenvalue weighted by Crippen LogP contribution is 2.43. The van der Waals surface area contributed by atoms with Gasteiger partial charge < -0.3 is 0 Å². The van der Waals surface area contributed by atoms with Gasteiger partial charge in [-0.3, -0.25) is 10.1 Å². The quantitative estimate of drug-likeness (QED) is 0.215. The maximum absolute atomic E-state index is 13.2. The van der Waals surface area contributed by atoms with Gasteiger partial charge in [0.2, 0.25) is 0 Å². The molecule has 1 heterocycles. The van der Waals surface area contributed by atoms with Crippen LogP contribution in [0.4, 0.5) is 5.69 Å². The Hall–Kier alpha value is -2.76. The number of amidine groups is 1. The summed E-state index contributed by atoms with van der Waals surface area (Å²) in [5.41, 5.74) is 3.64.